The highest BCUT2D eigenvalue weighted by atomic mass is 16.2. The summed E-state index contributed by atoms with van der Waals surface area (Å²) in [5.41, 5.74) is 0. The smallest absolute Gasteiger partial charge is 0.223 e. The van der Waals surface area contributed by atoms with Crippen LogP contribution in [0.25, 0.3) is 0 Å². The quantitative estimate of drug-likeness (QED) is 0.779. The molecule has 0 aromatic carbocycles. The summed E-state index contributed by atoms with van der Waals surface area (Å²) in [5, 5.41) is 0. The number of hydrogen-bond donors (Lipinski definition) is 0. The van der Waals surface area contributed by atoms with E-state index in [4.69, 9.17) is 0 Å². The number of aromatic nitrogens is 2. The van der Waals surface area contributed by atoms with Crippen LogP contribution in [0, 0.1) is 5.92 Å². The van der Waals surface area contributed by atoms with Crippen LogP contribution in [0.3, 0.4) is 0 Å². The molecular weight excluding hydrogens is 276 g/mol. The minimum Gasteiger partial charge on any atom is -0.341 e. The Morgan fingerprint density at radius 3 is 2.91 bits per heavy atom. The summed E-state index contributed by atoms with van der Waals surface area (Å²) >= 11 is 0. The molecule has 2 atom stereocenters. The van der Waals surface area contributed by atoms with E-state index < -0.39 is 0 Å². The Kier molecular flexibility index (Phi) is 4.83. The van der Waals surface area contributed by atoms with E-state index in [1.807, 2.05) is 11.0 Å². The number of carbonyl (C=O) groups is 1. The highest BCUT2D eigenvalue weighted by Crippen LogP contribution is 2.23. The van der Waals surface area contributed by atoms with E-state index >= 15 is 0 Å². The van der Waals surface area contributed by atoms with Crippen molar-refractivity contribution in [3.05, 3.63) is 36.4 Å². The molecule has 0 radical (unpaired) electrons. The van der Waals surface area contributed by atoms with Crippen molar-refractivity contribution in [2.45, 2.75) is 38.3 Å². The predicted octanol–water partition coefficient (Wildman–Crippen LogP) is 1.87. The van der Waals surface area contributed by atoms with Gasteiger partial charge in [-0.3, -0.25) is 9.69 Å². The van der Waals surface area contributed by atoms with Crippen LogP contribution in [0.15, 0.2) is 30.6 Å². The van der Waals surface area contributed by atoms with E-state index in [1.165, 1.54) is 0 Å². The Bertz CT molecular complexity index is 531. The van der Waals surface area contributed by atoms with Gasteiger partial charge in [0, 0.05) is 37.9 Å². The number of allylic oxidation sites excluding steroid dienone is 2. The van der Waals surface area contributed by atoms with E-state index in [9.17, 15) is 4.79 Å². The Morgan fingerprint density at radius 2 is 2.18 bits per heavy atom. The molecule has 0 saturated carbocycles. The third-order valence-electron chi connectivity index (χ3n) is 4.70. The van der Waals surface area contributed by atoms with Crippen molar-refractivity contribution >= 4 is 5.91 Å². The Labute approximate surface area is 132 Å². The summed E-state index contributed by atoms with van der Waals surface area (Å²) in [6.07, 6.45) is 11.9. The van der Waals surface area contributed by atoms with Crippen LogP contribution in [-0.4, -0.2) is 51.9 Å². The lowest BCUT2D eigenvalue weighted by molar-refractivity contribution is -0.131. The molecule has 3 rings (SSSR count). The number of carbonyl (C=O) groups excluding carboxylic acids is 1. The molecule has 1 aliphatic heterocycles. The van der Waals surface area contributed by atoms with Gasteiger partial charge in [-0.15, -0.1) is 0 Å². The zero-order valence-electron chi connectivity index (χ0n) is 13.2. The Hall–Kier alpha value is -1.75. The summed E-state index contributed by atoms with van der Waals surface area (Å²) < 4.78 is 0. The van der Waals surface area contributed by atoms with Crippen LogP contribution in [-0.2, 0) is 11.3 Å². The summed E-state index contributed by atoms with van der Waals surface area (Å²) in [6.45, 7) is 2.44. The molecule has 0 spiro atoms. The van der Waals surface area contributed by atoms with Gasteiger partial charge in [0.2, 0.25) is 5.91 Å². The van der Waals surface area contributed by atoms with Gasteiger partial charge >= 0.3 is 0 Å². The second-order valence-corrected chi connectivity index (χ2v) is 6.33. The van der Waals surface area contributed by atoms with E-state index in [2.05, 4.69) is 34.1 Å². The zero-order valence-corrected chi connectivity index (χ0v) is 13.2. The minimum absolute atomic E-state index is 0.309. The average molecular weight is 300 g/mol. The minimum atomic E-state index is 0.309. The fourth-order valence-electron chi connectivity index (χ4n) is 3.31. The molecule has 2 aliphatic rings. The Morgan fingerprint density at radius 1 is 1.36 bits per heavy atom. The molecule has 5 nitrogen and oxygen atoms in total. The van der Waals surface area contributed by atoms with Crippen LogP contribution in [0.1, 0.15) is 31.5 Å². The summed E-state index contributed by atoms with van der Waals surface area (Å²) in [5.74, 6) is 1.61. The van der Waals surface area contributed by atoms with Crippen LogP contribution < -0.4 is 0 Å². The maximum Gasteiger partial charge on any atom is 0.223 e. The number of nitrogens with zero attached hydrogens (tertiary/aromatic N) is 4. The molecule has 2 heterocycles. The van der Waals surface area contributed by atoms with Crippen LogP contribution in [0.5, 0.6) is 0 Å². The number of amides is 1. The van der Waals surface area contributed by atoms with E-state index in [0.29, 0.717) is 24.3 Å². The molecule has 1 amide bonds. The first-order valence-electron chi connectivity index (χ1n) is 8.13. The number of hydrogen-bond acceptors (Lipinski definition) is 4. The van der Waals surface area contributed by atoms with Crippen LogP contribution >= 0.6 is 0 Å². The van der Waals surface area contributed by atoms with E-state index in [0.717, 1.165) is 44.7 Å². The topological polar surface area (TPSA) is 49.3 Å². The predicted molar refractivity (Wildman–Crippen MR) is 85.0 cm³/mol. The molecule has 1 aromatic rings. The third kappa shape index (κ3) is 3.71. The lowest BCUT2D eigenvalue weighted by Gasteiger charge is -2.24. The standard InChI is InChI=1S/C17H24N4O/c1-20(13-16-18-8-4-9-19-16)15-7-10-21(12-15)17(22)11-14-5-2-3-6-14/h2,4-5,8-9,14-15H,3,6-7,10-13H2,1H3/t14-,15-/m1/s1. The van der Waals surface area contributed by atoms with Gasteiger partial charge in [0.1, 0.15) is 5.82 Å². The van der Waals surface area contributed by atoms with E-state index in [-0.39, 0.29) is 0 Å². The highest BCUT2D eigenvalue weighted by molar-refractivity contribution is 5.77. The van der Waals surface area contributed by atoms with Crippen molar-refractivity contribution in [1.29, 1.82) is 0 Å². The molecule has 0 unspecified atom stereocenters. The zero-order chi connectivity index (χ0) is 15.4. The fourth-order valence-corrected chi connectivity index (χ4v) is 3.31. The molecule has 5 heteroatoms. The Balaban J connectivity index is 1.48. The molecule has 1 aliphatic carbocycles. The third-order valence-corrected chi connectivity index (χ3v) is 4.70. The molecule has 1 saturated heterocycles. The van der Waals surface area contributed by atoms with Gasteiger partial charge in [-0.05, 0) is 38.3 Å². The lowest BCUT2D eigenvalue weighted by Crippen LogP contribution is -2.36. The number of likely N-dealkylation sites (tertiary alicyclic amines) is 1. The van der Waals surface area contributed by atoms with Gasteiger partial charge in [-0.1, -0.05) is 12.2 Å². The van der Waals surface area contributed by atoms with Gasteiger partial charge in [-0.25, -0.2) is 9.97 Å². The fraction of sp³-hybridized carbons (Fsp3) is 0.588. The van der Waals surface area contributed by atoms with Crippen molar-refractivity contribution in [2.24, 2.45) is 5.92 Å². The van der Waals surface area contributed by atoms with Gasteiger partial charge in [0.25, 0.3) is 0 Å². The normalized spacial score (nSPS) is 24.4. The summed E-state index contributed by atoms with van der Waals surface area (Å²) in [4.78, 5) is 25.2. The largest absolute Gasteiger partial charge is 0.341 e. The summed E-state index contributed by atoms with van der Waals surface area (Å²) in [6, 6.07) is 2.24. The summed E-state index contributed by atoms with van der Waals surface area (Å²) in [7, 11) is 2.09. The highest BCUT2D eigenvalue weighted by Gasteiger charge is 2.30. The van der Waals surface area contributed by atoms with Gasteiger partial charge < -0.3 is 4.90 Å². The lowest BCUT2D eigenvalue weighted by atomic mass is 10.0. The van der Waals surface area contributed by atoms with Crippen LogP contribution in [0.4, 0.5) is 0 Å². The molecule has 1 fully saturated rings. The maximum atomic E-state index is 12.4. The maximum absolute atomic E-state index is 12.4. The first kappa shape index (κ1) is 15.2. The first-order chi connectivity index (χ1) is 10.7. The molecular formula is C17H24N4O. The second-order valence-electron chi connectivity index (χ2n) is 6.33. The SMILES string of the molecule is CN(Cc1ncccn1)[C@@H]1CCN(C(=O)C[C@@H]2C=CCC2)C1. The van der Waals surface area contributed by atoms with Crippen molar-refractivity contribution in [3.63, 3.8) is 0 Å². The molecule has 118 valence electrons. The van der Waals surface area contributed by atoms with E-state index in [1.54, 1.807) is 12.4 Å². The van der Waals surface area contributed by atoms with Crippen molar-refractivity contribution < 1.29 is 4.79 Å². The monoisotopic (exact) mass is 300 g/mol. The van der Waals surface area contributed by atoms with Crippen molar-refractivity contribution in [2.75, 3.05) is 20.1 Å². The number of likely N-dealkylation sites (N-methyl/N-ethyl adjacent to an activating group) is 1. The van der Waals surface area contributed by atoms with Gasteiger partial charge in [-0.2, -0.15) is 0 Å². The van der Waals surface area contributed by atoms with Gasteiger partial charge in [0.15, 0.2) is 0 Å². The van der Waals surface area contributed by atoms with Crippen molar-refractivity contribution in [1.82, 2.24) is 19.8 Å². The molecule has 1 aromatic heterocycles. The first-order valence-corrected chi connectivity index (χ1v) is 8.13. The molecule has 0 bridgehead atoms. The molecule has 0 N–H and O–H groups in total. The van der Waals surface area contributed by atoms with Crippen molar-refractivity contribution in [3.8, 4) is 0 Å². The molecule has 22 heavy (non-hydrogen) atoms. The second kappa shape index (κ2) is 7.01. The van der Waals surface area contributed by atoms with Gasteiger partial charge in [0.05, 0.1) is 6.54 Å². The van der Waals surface area contributed by atoms with Crippen LogP contribution in [0.2, 0.25) is 0 Å². The average Bonchev–Trinajstić information content (AvgIpc) is 3.19. The number of rotatable bonds is 5.